The molecular weight excluding hydrogens is 510 g/mol. The number of hydrogen-bond donors (Lipinski definition) is 9. The summed E-state index contributed by atoms with van der Waals surface area (Å²) in [6.07, 6.45) is -2.86. The number of carbonyl (C=O) groups is 7. The van der Waals surface area contributed by atoms with Gasteiger partial charge in [0.05, 0.1) is 18.9 Å². The smallest absolute Gasteiger partial charge is 0.326 e. The van der Waals surface area contributed by atoms with Crippen molar-refractivity contribution in [3.63, 3.8) is 0 Å². The summed E-state index contributed by atoms with van der Waals surface area (Å²) in [6.45, 7) is 0. The third-order valence-corrected chi connectivity index (χ3v) is 5.04. The number of hydrogen-bond acceptors (Lipinski definition) is 9. The van der Waals surface area contributed by atoms with E-state index in [0.29, 0.717) is 5.56 Å². The van der Waals surface area contributed by atoms with E-state index in [0.717, 1.165) is 0 Å². The molecule has 0 aliphatic heterocycles. The van der Waals surface area contributed by atoms with Gasteiger partial charge in [-0.3, -0.25) is 28.8 Å². The number of aromatic hydroxyl groups is 1. The van der Waals surface area contributed by atoms with Crippen LogP contribution in [0.15, 0.2) is 24.3 Å². The molecule has 0 spiro atoms. The maximum Gasteiger partial charge on any atom is 0.326 e. The first-order valence-electron chi connectivity index (χ1n) is 11.1. The highest BCUT2D eigenvalue weighted by atomic mass is 16.4. The van der Waals surface area contributed by atoms with Gasteiger partial charge in [0.1, 0.15) is 23.9 Å². The van der Waals surface area contributed by atoms with Crippen molar-refractivity contribution < 1.29 is 54.0 Å². The lowest BCUT2D eigenvalue weighted by Gasteiger charge is -2.24. The molecule has 4 unspecified atom stereocenters. The summed E-state index contributed by atoms with van der Waals surface area (Å²) in [5, 5.41) is 42.5. The fourth-order valence-corrected chi connectivity index (χ4v) is 3.12. The number of phenols is 1. The normalized spacial score (nSPS) is 13.7. The van der Waals surface area contributed by atoms with E-state index in [1.54, 1.807) is 0 Å². The van der Waals surface area contributed by atoms with Crippen LogP contribution in [0.1, 0.15) is 31.2 Å². The molecule has 0 heterocycles. The van der Waals surface area contributed by atoms with Gasteiger partial charge in [-0.05, 0) is 30.5 Å². The van der Waals surface area contributed by atoms with Crippen LogP contribution in [0.2, 0.25) is 0 Å². The monoisotopic (exact) mass is 539 g/mol. The maximum absolute atomic E-state index is 12.9. The molecule has 0 saturated carbocycles. The van der Waals surface area contributed by atoms with Crippen LogP contribution >= 0.6 is 0 Å². The van der Waals surface area contributed by atoms with Gasteiger partial charge < -0.3 is 47.8 Å². The molecule has 11 N–H and O–H groups in total. The molecule has 38 heavy (non-hydrogen) atoms. The zero-order chi connectivity index (χ0) is 29.0. The first-order valence-corrected chi connectivity index (χ1v) is 11.1. The van der Waals surface area contributed by atoms with Gasteiger partial charge in [-0.1, -0.05) is 12.1 Å². The number of benzene rings is 1. The SMILES string of the molecule is NC(=O)CC(NC(=O)C(CCC(=O)O)NC(=O)C(N)Cc1ccc(O)cc1)C(=O)NC(CC(=O)O)C(=O)O. The molecule has 0 radical (unpaired) electrons. The molecule has 1 rings (SSSR count). The highest BCUT2D eigenvalue weighted by Crippen LogP contribution is 2.11. The molecule has 0 aliphatic carbocycles. The molecule has 1 aromatic rings. The molecule has 1 aromatic carbocycles. The van der Waals surface area contributed by atoms with E-state index in [4.69, 9.17) is 26.8 Å². The van der Waals surface area contributed by atoms with Gasteiger partial charge in [-0.25, -0.2) is 4.79 Å². The van der Waals surface area contributed by atoms with Crippen molar-refractivity contribution >= 4 is 41.5 Å². The lowest BCUT2D eigenvalue weighted by Crippen LogP contribution is -2.58. The summed E-state index contributed by atoms with van der Waals surface area (Å²) in [5.74, 6) is -8.86. The number of carboxylic acids is 3. The Labute approximate surface area is 215 Å². The van der Waals surface area contributed by atoms with Crippen molar-refractivity contribution in [2.24, 2.45) is 11.5 Å². The van der Waals surface area contributed by atoms with Gasteiger partial charge in [-0.2, -0.15) is 0 Å². The summed E-state index contributed by atoms with van der Waals surface area (Å²) in [6, 6.07) is -0.633. The minimum Gasteiger partial charge on any atom is -0.508 e. The van der Waals surface area contributed by atoms with E-state index in [-0.39, 0.29) is 12.2 Å². The van der Waals surface area contributed by atoms with Gasteiger partial charge in [0.2, 0.25) is 23.6 Å². The van der Waals surface area contributed by atoms with Crippen LogP contribution in [0, 0.1) is 0 Å². The Hall–Kier alpha value is -4.73. The second kappa shape index (κ2) is 14.7. The van der Waals surface area contributed by atoms with Crippen LogP contribution in [0.5, 0.6) is 5.75 Å². The molecule has 0 aliphatic rings. The Bertz CT molecular complexity index is 1060. The fraction of sp³-hybridized carbons (Fsp3) is 0.409. The predicted octanol–water partition coefficient (Wildman–Crippen LogP) is -2.98. The zero-order valence-electron chi connectivity index (χ0n) is 20.0. The number of rotatable bonds is 16. The van der Waals surface area contributed by atoms with E-state index in [9.17, 15) is 38.7 Å². The molecule has 0 saturated heterocycles. The number of primary amides is 1. The maximum atomic E-state index is 12.9. The van der Waals surface area contributed by atoms with E-state index in [2.05, 4.69) is 10.6 Å². The molecule has 16 nitrogen and oxygen atoms in total. The van der Waals surface area contributed by atoms with Gasteiger partial charge >= 0.3 is 17.9 Å². The molecule has 0 fully saturated rings. The van der Waals surface area contributed by atoms with Crippen LogP contribution < -0.4 is 27.4 Å². The number of nitrogens with one attached hydrogen (secondary N) is 3. The fourth-order valence-electron chi connectivity index (χ4n) is 3.12. The number of carboxylic acid groups (broad SMARTS) is 3. The molecule has 4 amide bonds. The van der Waals surface area contributed by atoms with Gasteiger partial charge in [0.25, 0.3) is 0 Å². The van der Waals surface area contributed by atoms with Gasteiger partial charge in [0.15, 0.2) is 0 Å². The number of nitrogens with two attached hydrogens (primary N) is 2. The summed E-state index contributed by atoms with van der Waals surface area (Å²) in [5.41, 5.74) is 11.5. The van der Waals surface area contributed by atoms with Gasteiger partial charge in [-0.15, -0.1) is 0 Å². The molecule has 16 heteroatoms. The van der Waals surface area contributed by atoms with Crippen LogP contribution in [-0.2, 0) is 40.0 Å². The molecular formula is C22H29N5O11. The average molecular weight is 539 g/mol. The quantitative estimate of drug-likeness (QED) is 0.102. The Morgan fingerprint density at radius 2 is 1.26 bits per heavy atom. The van der Waals surface area contributed by atoms with Crippen molar-refractivity contribution in [3.8, 4) is 5.75 Å². The zero-order valence-corrected chi connectivity index (χ0v) is 20.0. The van der Waals surface area contributed by atoms with E-state index < -0.39 is 91.4 Å². The summed E-state index contributed by atoms with van der Waals surface area (Å²) < 4.78 is 0. The second-order valence-corrected chi connectivity index (χ2v) is 8.20. The van der Waals surface area contributed by atoms with E-state index in [1.165, 1.54) is 24.3 Å². The molecule has 208 valence electrons. The van der Waals surface area contributed by atoms with Crippen LogP contribution in [-0.4, -0.2) is 86.1 Å². The number of amides is 4. The highest BCUT2D eigenvalue weighted by molar-refractivity contribution is 5.96. The lowest BCUT2D eigenvalue weighted by atomic mass is 10.0. The predicted molar refractivity (Wildman–Crippen MR) is 126 cm³/mol. The largest absolute Gasteiger partial charge is 0.508 e. The third kappa shape index (κ3) is 11.3. The summed E-state index contributed by atoms with van der Waals surface area (Å²) in [7, 11) is 0. The average Bonchev–Trinajstić information content (AvgIpc) is 2.81. The lowest BCUT2D eigenvalue weighted by molar-refractivity contribution is -0.147. The van der Waals surface area contributed by atoms with Crippen LogP contribution in [0.25, 0.3) is 0 Å². The Morgan fingerprint density at radius 3 is 1.76 bits per heavy atom. The summed E-state index contributed by atoms with van der Waals surface area (Å²) >= 11 is 0. The minimum absolute atomic E-state index is 0.00770. The van der Waals surface area contributed by atoms with Gasteiger partial charge in [0, 0.05) is 6.42 Å². The van der Waals surface area contributed by atoms with E-state index in [1.807, 2.05) is 5.32 Å². The van der Waals surface area contributed by atoms with Crippen molar-refractivity contribution in [3.05, 3.63) is 29.8 Å². The van der Waals surface area contributed by atoms with Crippen molar-refractivity contribution in [1.82, 2.24) is 16.0 Å². The number of phenolic OH excluding ortho intramolecular Hbond substituents is 1. The van der Waals surface area contributed by atoms with E-state index >= 15 is 0 Å². The van der Waals surface area contributed by atoms with Crippen molar-refractivity contribution in [1.29, 1.82) is 0 Å². The first-order chi connectivity index (χ1) is 17.7. The van der Waals surface area contributed by atoms with Crippen molar-refractivity contribution in [2.75, 3.05) is 0 Å². The minimum atomic E-state index is -1.90. The third-order valence-electron chi connectivity index (χ3n) is 5.04. The Balaban J connectivity index is 3.02. The topological polar surface area (TPSA) is 289 Å². The molecule has 0 bridgehead atoms. The Morgan fingerprint density at radius 1 is 0.737 bits per heavy atom. The number of carbonyl (C=O) groups excluding carboxylic acids is 4. The number of aliphatic carboxylic acids is 3. The first kappa shape index (κ1) is 31.3. The molecule has 4 atom stereocenters. The molecule has 0 aromatic heterocycles. The summed E-state index contributed by atoms with van der Waals surface area (Å²) in [4.78, 5) is 82.6. The Kier molecular flexibility index (Phi) is 12.1. The standard InChI is InChI=1S/C22H29N5O11/c23-12(7-10-1-3-11(28)4-2-10)19(34)25-13(5-6-17(30)31)20(35)26-14(8-16(24)29)21(36)27-15(22(37)38)9-18(32)33/h1-4,12-15,28H,5-9,23H2,(H2,24,29)(H,25,34)(H,26,35)(H,27,36)(H,30,31)(H,32,33)(H,37,38). The van der Waals surface area contributed by atoms with Crippen molar-refractivity contribution in [2.45, 2.75) is 56.3 Å². The highest BCUT2D eigenvalue weighted by Gasteiger charge is 2.32. The van der Waals surface area contributed by atoms with Crippen LogP contribution in [0.4, 0.5) is 0 Å². The van der Waals surface area contributed by atoms with Crippen LogP contribution in [0.3, 0.4) is 0 Å². The second-order valence-electron chi connectivity index (χ2n) is 8.20.